The van der Waals surface area contributed by atoms with Gasteiger partial charge in [0.15, 0.2) is 0 Å². The van der Waals surface area contributed by atoms with Crippen LogP contribution < -0.4 is 5.32 Å². The number of aliphatic hydroxyl groups excluding tert-OH is 1. The number of nitrogens with zero attached hydrogens (tertiary/aromatic N) is 5. The van der Waals surface area contributed by atoms with E-state index in [1.54, 1.807) is 18.6 Å². The Hall–Kier alpha value is -2.90. The molecule has 28 heavy (non-hydrogen) atoms. The van der Waals surface area contributed by atoms with Gasteiger partial charge in [0, 0.05) is 68.6 Å². The highest BCUT2D eigenvalue weighted by molar-refractivity contribution is 5.28. The quantitative estimate of drug-likeness (QED) is 0.651. The number of hydrogen-bond acceptors (Lipinski definition) is 7. The minimum atomic E-state index is -0.352. The first kappa shape index (κ1) is 18.5. The lowest BCUT2D eigenvalue weighted by atomic mass is 10.0. The molecule has 1 saturated heterocycles. The molecule has 1 fully saturated rings. The van der Waals surface area contributed by atoms with Gasteiger partial charge in [-0.3, -0.25) is 14.9 Å². The molecule has 1 aromatic carbocycles. The third-order valence-corrected chi connectivity index (χ3v) is 4.98. The molecule has 1 aliphatic heterocycles. The molecule has 2 aromatic heterocycles. The molecule has 0 bridgehead atoms. The van der Waals surface area contributed by atoms with E-state index in [9.17, 15) is 5.11 Å². The summed E-state index contributed by atoms with van der Waals surface area (Å²) in [6.45, 7) is 2.90. The van der Waals surface area contributed by atoms with Crippen LogP contribution in [0.1, 0.15) is 16.8 Å². The molecule has 3 aromatic rings. The van der Waals surface area contributed by atoms with Crippen molar-refractivity contribution >= 4 is 5.95 Å². The normalized spacial score (nSPS) is 19.6. The number of aliphatic hydroxyl groups is 1. The summed E-state index contributed by atoms with van der Waals surface area (Å²) in [5.74, 6) is 0.791. The lowest BCUT2D eigenvalue weighted by Crippen LogP contribution is -2.21. The molecule has 7 heteroatoms. The van der Waals surface area contributed by atoms with E-state index >= 15 is 0 Å². The SMILES string of the molecule is O[C@@H]1CN(Cc2cnc(NCc3ccccc3)nc2)C[C@H]1Cc1cnccn1. The second kappa shape index (κ2) is 8.86. The number of β-amino-alcohol motifs (C(OH)–C–C–N with tert-alkyl or cyclic N) is 1. The first-order valence-electron chi connectivity index (χ1n) is 9.50. The number of rotatable bonds is 7. The summed E-state index contributed by atoms with van der Waals surface area (Å²) in [6.07, 6.45) is 9.22. The zero-order valence-corrected chi connectivity index (χ0v) is 15.6. The molecule has 0 unspecified atom stereocenters. The number of aromatic nitrogens is 4. The van der Waals surface area contributed by atoms with Crippen LogP contribution >= 0.6 is 0 Å². The van der Waals surface area contributed by atoms with Crippen LogP contribution in [-0.2, 0) is 19.5 Å². The number of anilines is 1. The number of benzene rings is 1. The first-order valence-corrected chi connectivity index (χ1v) is 9.50. The molecular weight excluding hydrogens is 352 g/mol. The van der Waals surface area contributed by atoms with Crippen molar-refractivity contribution in [3.63, 3.8) is 0 Å². The standard InChI is InChI=1S/C21H24N6O/c28-20-15-27(14-18(20)8-19-12-22-6-7-23-19)13-17-10-25-21(26-11-17)24-9-16-4-2-1-3-5-16/h1-7,10-12,18,20,28H,8-9,13-15H2,(H,24,25,26)/t18-,20-/m1/s1. The fourth-order valence-electron chi connectivity index (χ4n) is 3.54. The van der Waals surface area contributed by atoms with Crippen LogP contribution in [0.15, 0.2) is 61.3 Å². The van der Waals surface area contributed by atoms with Crippen LogP contribution in [0.4, 0.5) is 5.95 Å². The molecule has 0 radical (unpaired) electrons. The summed E-state index contributed by atoms with van der Waals surface area (Å²) in [5.41, 5.74) is 3.15. The van der Waals surface area contributed by atoms with Crippen molar-refractivity contribution in [1.29, 1.82) is 0 Å². The summed E-state index contributed by atoms with van der Waals surface area (Å²) in [5, 5.41) is 13.6. The molecule has 1 aliphatic rings. The van der Waals surface area contributed by atoms with Crippen molar-refractivity contribution in [3.05, 3.63) is 78.1 Å². The highest BCUT2D eigenvalue weighted by atomic mass is 16.3. The van der Waals surface area contributed by atoms with Crippen LogP contribution in [0.2, 0.25) is 0 Å². The fraction of sp³-hybridized carbons (Fsp3) is 0.333. The van der Waals surface area contributed by atoms with Gasteiger partial charge >= 0.3 is 0 Å². The van der Waals surface area contributed by atoms with Crippen molar-refractivity contribution < 1.29 is 5.11 Å². The van der Waals surface area contributed by atoms with Crippen LogP contribution in [-0.4, -0.2) is 49.1 Å². The van der Waals surface area contributed by atoms with Gasteiger partial charge < -0.3 is 10.4 Å². The second-order valence-corrected chi connectivity index (χ2v) is 7.18. The molecule has 7 nitrogen and oxygen atoms in total. The number of hydrogen-bond donors (Lipinski definition) is 2. The molecule has 0 saturated carbocycles. The number of likely N-dealkylation sites (tertiary alicyclic amines) is 1. The van der Waals surface area contributed by atoms with Crippen molar-refractivity contribution in [3.8, 4) is 0 Å². The predicted molar refractivity (Wildman–Crippen MR) is 106 cm³/mol. The van der Waals surface area contributed by atoms with Gasteiger partial charge in [-0.1, -0.05) is 30.3 Å². The molecule has 2 atom stereocenters. The zero-order chi connectivity index (χ0) is 19.2. The minimum absolute atomic E-state index is 0.171. The van der Waals surface area contributed by atoms with Crippen molar-refractivity contribution in [1.82, 2.24) is 24.8 Å². The van der Waals surface area contributed by atoms with Gasteiger partial charge in [0.05, 0.1) is 11.8 Å². The van der Waals surface area contributed by atoms with Crippen molar-refractivity contribution in [2.45, 2.75) is 25.6 Å². The van der Waals surface area contributed by atoms with Gasteiger partial charge in [0.25, 0.3) is 0 Å². The van der Waals surface area contributed by atoms with Gasteiger partial charge in [-0.2, -0.15) is 0 Å². The van der Waals surface area contributed by atoms with Gasteiger partial charge in [0.1, 0.15) is 0 Å². The molecule has 4 rings (SSSR count). The van der Waals surface area contributed by atoms with Crippen molar-refractivity contribution in [2.75, 3.05) is 18.4 Å². The summed E-state index contributed by atoms with van der Waals surface area (Å²) in [6, 6.07) is 10.2. The Morgan fingerprint density at radius 1 is 0.964 bits per heavy atom. The Morgan fingerprint density at radius 2 is 1.79 bits per heavy atom. The largest absolute Gasteiger partial charge is 0.391 e. The molecule has 144 valence electrons. The molecule has 0 aliphatic carbocycles. The van der Waals surface area contributed by atoms with E-state index in [-0.39, 0.29) is 12.0 Å². The number of nitrogens with one attached hydrogen (secondary N) is 1. The van der Waals surface area contributed by atoms with Gasteiger partial charge in [-0.05, 0) is 12.0 Å². The smallest absolute Gasteiger partial charge is 0.222 e. The van der Waals surface area contributed by atoms with E-state index < -0.39 is 0 Å². The van der Waals surface area contributed by atoms with E-state index in [1.165, 1.54) is 5.56 Å². The average molecular weight is 376 g/mol. The highest BCUT2D eigenvalue weighted by Crippen LogP contribution is 2.22. The maximum absolute atomic E-state index is 10.4. The monoisotopic (exact) mass is 376 g/mol. The Morgan fingerprint density at radius 3 is 2.54 bits per heavy atom. The molecule has 3 heterocycles. The fourth-order valence-corrected chi connectivity index (χ4v) is 3.54. The third kappa shape index (κ3) is 4.88. The first-order chi connectivity index (χ1) is 13.8. The molecule has 2 N–H and O–H groups in total. The van der Waals surface area contributed by atoms with Crippen LogP contribution in [0.3, 0.4) is 0 Å². The van der Waals surface area contributed by atoms with Gasteiger partial charge in [0.2, 0.25) is 5.95 Å². The summed E-state index contributed by atoms with van der Waals surface area (Å²) < 4.78 is 0. The molecule has 0 spiro atoms. The maximum atomic E-state index is 10.4. The highest BCUT2D eigenvalue weighted by Gasteiger charge is 2.31. The Labute approximate surface area is 164 Å². The van der Waals surface area contributed by atoms with Gasteiger partial charge in [-0.25, -0.2) is 9.97 Å². The average Bonchev–Trinajstić information content (AvgIpc) is 3.07. The van der Waals surface area contributed by atoms with E-state index in [0.717, 1.165) is 30.8 Å². The van der Waals surface area contributed by atoms with E-state index in [1.807, 2.05) is 30.6 Å². The second-order valence-electron chi connectivity index (χ2n) is 7.18. The summed E-state index contributed by atoms with van der Waals surface area (Å²) >= 11 is 0. The van der Waals surface area contributed by atoms with Crippen LogP contribution in [0.25, 0.3) is 0 Å². The summed E-state index contributed by atoms with van der Waals surface area (Å²) in [7, 11) is 0. The van der Waals surface area contributed by atoms with Gasteiger partial charge in [-0.15, -0.1) is 0 Å². The van der Waals surface area contributed by atoms with E-state index in [0.29, 0.717) is 19.0 Å². The Balaban J connectivity index is 1.28. The topological polar surface area (TPSA) is 87.1 Å². The van der Waals surface area contributed by atoms with Crippen molar-refractivity contribution in [2.24, 2.45) is 5.92 Å². The lowest BCUT2D eigenvalue weighted by Gasteiger charge is -2.15. The molecular formula is C21H24N6O. The predicted octanol–water partition coefficient (Wildman–Crippen LogP) is 1.91. The van der Waals surface area contributed by atoms with E-state index in [4.69, 9.17) is 0 Å². The lowest BCUT2D eigenvalue weighted by molar-refractivity contribution is 0.140. The van der Waals surface area contributed by atoms with E-state index in [2.05, 4.69) is 42.3 Å². The molecule has 0 amide bonds. The maximum Gasteiger partial charge on any atom is 0.222 e. The van der Waals surface area contributed by atoms with Crippen LogP contribution in [0.5, 0.6) is 0 Å². The zero-order valence-electron chi connectivity index (χ0n) is 15.6. The summed E-state index contributed by atoms with van der Waals surface area (Å²) in [4.78, 5) is 19.5. The third-order valence-electron chi connectivity index (χ3n) is 4.98. The Bertz CT molecular complexity index is 859. The Kier molecular flexibility index (Phi) is 5.84. The van der Waals surface area contributed by atoms with Crippen LogP contribution in [0, 0.1) is 5.92 Å². The minimum Gasteiger partial charge on any atom is -0.391 e.